The first-order chi connectivity index (χ1) is 9.76. The van der Waals surface area contributed by atoms with Crippen LogP contribution in [0, 0.1) is 0 Å². The molecule has 1 atom stereocenters. The second kappa shape index (κ2) is 6.10. The number of nitrogens with zero attached hydrogens (tertiary/aromatic N) is 1. The van der Waals surface area contributed by atoms with E-state index in [9.17, 15) is 0 Å². The summed E-state index contributed by atoms with van der Waals surface area (Å²) in [5.41, 5.74) is 1.58. The Morgan fingerprint density at radius 2 is 2.25 bits per heavy atom. The van der Waals surface area contributed by atoms with Crippen molar-refractivity contribution in [1.29, 1.82) is 0 Å². The summed E-state index contributed by atoms with van der Waals surface area (Å²) >= 11 is 1.97. The summed E-state index contributed by atoms with van der Waals surface area (Å²) in [6.07, 6.45) is 7.96. The fraction of sp³-hybridized carbons (Fsp3) is 0.562. The van der Waals surface area contributed by atoms with Gasteiger partial charge in [0.05, 0.1) is 12.7 Å². The summed E-state index contributed by atoms with van der Waals surface area (Å²) in [5, 5.41) is 3.52. The van der Waals surface area contributed by atoms with E-state index in [1.165, 1.54) is 30.6 Å². The first-order valence-electron chi connectivity index (χ1n) is 7.54. The van der Waals surface area contributed by atoms with Crippen LogP contribution in [0.15, 0.2) is 16.7 Å². The Morgan fingerprint density at radius 3 is 3.00 bits per heavy atom. The molecule has 0 aromatic carbocycles. The Balaban J connectivity index is 1.61. The normalized spacial score (nSPS) is 16.1. The van der Waals surface area contributed by atoms with Crippen LogP contribution >= 0.6 is 11.3 Å². The Kier molecular flexibility index (Phi) is 4.22. The highest BCUT2D eigenvalue weighted by atomic mass is 32.1. The molecule has 2 aromatic heterocycles. The van der Waals surface area contributed by atoms with Gasteiger partial charge in [-0.1, -0.05) is 6.92 Å². The SMILES string of the molecule is CCc1cnc(CNC(C)c2cc3c(s2)CCCC3)o1. The highest BCUT2D eigenvalue weighted by molar-refractivity contribution is 7.12. The minimum absolute atomic E-state index is 0.363. The third kappa shape index (κ3) is 2.96. The lowest BCUT2D eigenvalue weighted by Gasteiger charge is -2.10. The molecule has 0 bridgehead atoms. The quantitative estimate of drug-likeness (QED) is 0.903. The molecular formula is C16H22N2OS. The van der Waals surface area contributed by atoms with Gasteiger partial charge in [-0.15, -0.1) is 11.3 Å². The second-order valence-electron chi connectivity index (χ2n) is 5.48. The Morgan fingerprint density at radius 1 is 1.40 bits per heavy atom. The molecule has 0 fully saturated rings. The van der Waals surface area contributed by atoms with Crippen molar-refractivity contribution in [3.8, 4) is 0 Å². The van der Waals surface area contributed by atoms with E-state index in [4.69, 9.17) is 4.42 Å². The van der Waals surface area contributed by atoms with E-state index in [2.05, 4.69) is 30.2 Å². The number of thiophene rings is 1. The highest BCUT2D eigenvalue weighted by Crippen LogP contribution is 2.32. The molecule has 3 rings (SSSR count). The Hall–Kier alpha value is -1.13. The maximum atomic E-state index is 5.63. The maximum Gasteiger partial charge on any atom is 0.208 e. The minimum atomic E-state index is 0.363. The number of hydrogen-bond donors (Lipinski definition) is 1. The minimum Gasteiger partial charge on any atom is -0.444 e. The average molecular weight is 290 g/mol. The standard InChI is InChI=1S/C16H22N2OS/c1-3-13-9-18-16(19-13)10-17-11(2)15-8-12-6-4-5-7-14(12)20-15/h8-9,11,17H,3-7,10H2,1-2H3. The molecular weight excluding hydrogens is 268 g/mol. The van der Waals surface area contributed by atoms with Gasteiger partial charge in [0.1, 0.15) is 5.76 Å². The topological polar surface area (TPSA) is 38.1 Å². The van der Waals surface area contributed by atoms with Crippen molar-refractivity contribution in [2.75, 3.05) is 0 Å². The van der Waals surface area contributed by atoms with Crippen LogP contribution in [0.4, 0.5) is 0 Å². The smallest absolute Gasteiger partial charge is 0.208 e. The molecule has 0 aliphatic heterocycles. The van der Waals surface area contributed by atoms with E-state index in [1.54, 1.807) is 10.4 Å². The molecule has 0 saturated heterocycles. The lowest BCUT2D eigenvalue weighted by atomic mass is 9.99. The molecule has 1 aliphatic rings. The molecule has 20 heavy (non-hydrogen) atoms. The molecule has 0 spiro atoms. The summed E-state index contributed by atoms with van der Waals surface area (Å²) in [4.78, 5) is 7.34. The molecule has 1 unspecified atom stereocenters. The van der Waals surface area contributed by atoms with Crippen LogP contribution in [-0.4, -0.2) is 4.98 Å². The molecule has 0 amide bonds. The van der Waals surface area contributed by atoms with Gasteiger partial charge < -0.3 is 9.73 Å². The van der Waals surface area contributed by atoms with Crippen LogP contribution in [0.1, 0.15) is 59.7 Å². The van der Waals surface area contributed by atoms with Gasteiger partial charge in [-0.05, 0) is 44.2 Å². The summed E-state index contributed by atoms with van der Waals surface area (Å²) in [6.45, 7) is 5.00. The van der Waals surface area contributed by atoms with Crippen LogP contribution in [0.5, 0.6) is 0 Å². The number of aryl methyl sites for hydroxylation is 3. The van der Waals surface area contributed by atoms with Crippen LogP contribution < -0.4 is 5.32 Å². The largest absolute Gasteiger partial charge is 0.444 e. The van der Waals surface area contributed by atoms with E-state index in [1.807, 2.05) is 17.5 Å². The molecule has 2 aromatic rings. The zero-order chi connectivity index (χ0) is 13.9. The zero-order valence-corrected chi connectivity index (χ0v) is 13.1. The van der Waals surface area contributed by atoms with Crippen LogP contribution in [0.3, 0.4) is 0 Å². The van der Waals surface area contributed by atoms with Gasteiger partial charge in [0.2, 0.25) is 5.89 Å². The fourth-order valence-electron chi connectivity index (χ4n) is 2.66. The Bertz CT molecular complexity index is 549. The molecule has 3 nitrogen and oxygen atoms in total. The van der Waals surface area contributed by atoms with Crippen LogP contribution in [-0.2, 0) is 25.8 Å². The third-order valence-electron chi connectivity index (χ3n) is 3.95. The summed E-state index contributed by atoms with van der Waals surface area (Å²) in [5.74, 6) is 1.75. The Labute approximate surface area is 124 Å². The molecule has 0 radical (unpaired) electrons. The van der Waals surface area contributed by atoms with Gasteiger partial charge in [-0.3, -0.25) is 0 Å². The van der Waals surface area contributed by atoms with Crippen molar-refractivity contribution in [3.63, 3.8) is 0 Å². The van der Waals surface area contributed by atoms with E-state index in [-0.39, 0.29) is 0 Å². The van der Waals surface area contributed by atoms with Crippen molar-refractivity contribution in [1.82, 2.24) is 10.3 Å². The van der Waals surface area contributed by atoms with Gasteiger partial charge >= 0.3 is 0 Å². The lowest BCUT2D eigenvalue weighted by Crippen LogP contribution is -2.17. The molecule has 2 heterocycles. The van der Waals surface area contributed by atoms with E-state index in [0.717, 1.165) is 18.1 Å². The summed E-state index contributed by atoms with van der Waals surface area (Å²) in [7, 11) is 0. The predicted molar refractivity (Wildman–Crippen MR) is 82.1 cm³/mol. The maximum absolute atomic E-state index is 5.63. The number of aromatic nitrogens is 1. The van der Waals surface area contributed by atoms with Crippen molar-refractivity contribution in [2.45, 2.75) is 58.5 Å². The van der Waals surface area contributed by atoms with Crippen molar-refractivity contribution in [3.05, 3.63) is 39.2 Å². The van der Waals surface area contributed by atoms with Gasteiger partial charge in [-0.2, -0.15) is 0 Å². The zero-order valence-electron chi connectivity index (χ0n) is 12.2. The van der Waals surface area contributed by atoms with Crippen molar-refractivity contribution in [2.24, 2.45) is 0 Å². The van der Waals surface area contributed by atoms with Crippen LogP contribution in [0.25, 0.3) is 0 Å². The first-order valence-corrected chi connectivity index (χ1v) is 8.36. The second-order valence-corrected chi connectivity index (χ2v) is 6.65. The fourth-order valence-corrected chi connectivity index (χ4v) is 3.95. The average Bonchev–Trinajstić information content (AvgIpc) is 3.10. The monoisotopic (exact) mass is 290 g/mol. The number of oxazole rings is 1. The van der Waals surface area contributed by atoms with Crippen molar-refractivity contribution < 1.29 is 4.42 Å². The molecule has 1 aliphatic carbocycles. The van der Waals surface area contributed by atoms with Gasteiger partial charge in [0.25, 0.3) is 0 Å². The van der Waals surface area contributed by atoms with E-state index < -0.39 is 0 Å². The van der Waals surface area contributed by atoms with Gasteiger partial charge in [-0.25, -0.2) is 4.98 Å². The van der Waals surface area contributed by atoms with Gasteiger partial charge in [0, 0.05) is 22.2 Å². The number of hydrogen-bond acceptors (Lipinski definition) is 4. The highest BCUT2D eigenvalue weighted by Gasteiger charge is 2.16. The number of rotatable bonds is 5. The lowest BCUT2D eigenvalue weighted by molar-refractivity contribution is 0.425. The summed E-state index contributed by atoms with van der Waals surface area (Å²) < 4.78 is 5.63. The van der Waals surface area contributed by atoms with E-state index in [0.29, 0.717) is 12.6 Å². The van der Waals surface area contributed by atoms with Crippen molar-refractivity contribution >= 4 is 11.3 Å². The third-order valence-corrected chi connectivity index (χ3v) is 5.37. The summed E-state index contributed by atoms with van der Waals surface area (Å²) in [6, 6.07) is 2.76. The van der Waals surface area contributed by atoms with E-state index >= 15 is 0 Å². The number of nitrogens with one attached hydrogen (secondary N) is 1. The first kappa shape index (κ1) is 13.8. The molecule has 0 saturated carbocycles. The molecule has 108 valence electrons. The van der Waals surface area contributed by atoms with Crippen LogP contribution in [0.2, 0.25) is 0 Å². The number of fused-ring (bicyclic) bond motifs is 1. The predicted octanol–water partition coefficient (Wildman–Crippen LogP) is 4.03. The molecule has 4 heteroatoms. The van der Waals surface area contributed by atoms with Gasteiger partial charge in [0.15, 0.2) is 0 Å². The molecule has 1 N–H and O–H groups in total.